The number of hydrogen-bond donors (Lipinski definition) is 1. The van der Waals surface area contributed by atoms with Gasteiger partial charge in [-0.15, -0.1) is 0 Å². The number of methoxy groups -OCH3 is 2. The van der Waals surface area contributed by atoms with E-state index in [1.165, 1.54) is 19.1 Å². The maximum Gasteiger partial charge on any atom is 0.248 e. The van der Waals surface area contributed by atoms with Crippen molar-refractivity contribution in [2.24, 2.45) is 0 Å². The van der Waals surface area contributed by atoms with Gasteiger partial charge in [0.15, 0.2) is 6.29 Å². The summed E-state index contributed by atoms with van der Waals surface area (Å²) in [7, 11) is 4.56. The lowest BCUT2D eigenvalue weighted by atomic mass is 10.5. The van der Waals surface area contributed by atoms with Gasteiger partial charge in [-0.2, -0.15) is 0 Å². The zero-order valence-corrected chi connectivity index (χ0v) is 7.61. The van der Waals surface area contributed by atoms with E-state index in [1.54, 1.807) is 7.05 Å². The third-order valence-corrected chi connectivity index (χ3v) is 1.51. The first-order valence-electron chi connectivity index (χ1n) is 3.56. The van der Waals surface area contributed by atoms with Crippen LogP contribution in [0.5, 0.6) is 0 Å². The first kappa shape index (κ1) is 11.4. The second-order valence-corrected chi connectivity index (χ2v) is 2.33. The van der Waals surface area contributed by atoms with Crippen LogP contribution >= 0.6 is 0 Å². The molecule has 0 aromatic rings. The Balaban J connectivity index is 3.80. The molecule has 1 amide bonds. The number of rotatable bonds is 5. The molecule has 0 heterocycles. The molecule has 0 bridgehead atoms. The van der Waals surface area contributed by atoms with Gasteiger partial charge >= 0.3 is 0 Å². The summed E-state index contributed by atoms with van der Waals surface area (Å²) in [5.74, 6) is -0.353. The van der Waals surface area contributed by atoms with Crippen LogP contribution < -0.4 is 0 Å². The fraction of sp³-hybridized carbons (Fsp3) is 0.857. The van der Waals surface area contributed by atoms with Crippen molar-refractivity contribution in [3.8, 4) is 0 Å². The van der Waals surface area contributed by atoms with Crippen LogP contribution in [0.2, 0.25) is 0 Å². The Morgan fingerprint density at radius 1 is 1.50 bits per heavy atom. The van der Waals surface area contributed by atoms with E-state index in [9.17, 15) is 4.79 Å². The lowest BCUT2D eigenvalue weighted by Gasteiger charge is -2.21. The molecule has 1 N–H and O–H groups in total. The highest BCUT2D eigenvalue weighted by Crippen LogP contribution is 1.94. The Bertz CT molecular complexity index is 135. The number of carbonyl (C=O) groups excluding carboxylic acids is 1. The van der Waals surface area contributed by atoms with Crippen molar-refractivity contribution in [1.82, 2.24) is 4.90 Å². The molecule has 12 heavy (non-hydrogen) atoms. The fourth-order valence-electron chi connectivity index (χ4n) is 0.691. The predicted molar refractivity (Wildman–Crippen MR) is 42.5 cm³/mol. The second-order valence-electron chi connectivity index (χ2n) is 2.33. The van der Waals surface area contributed by atoms with Gasteiger partial charge in [0.05, 0.1) is 6.54 Å². The van der Waals surface area contributed by atoms with E-state index in [4.69, 9.17) is 14.6 Å². The van der Waals surface area contributed by atoms with E-state index >= 15 is 0 Å². The van der Waals surface area contributed by atoms with Crippen LogP contribution in [0.15, 0.2) is 0 Å². The molecule has 0 aliphatic carbocycles. The van der Waals surface area contributed by atoms with Gasteiger partial charge in [0.2, 0.25) is 5.91 Å². The van der Waals surface area contributed by atoms with Gasteiger partial charge in [0.25, 0.3) is 0 Å². The quantitative estimate of drug-likeness (QED) is 0.550. The molecule has 72 valence electrons. The van der Waals surface area contributed by atoms with Crippen molar-refractivity contribution < 1.29 is 19.4 Å². The van der Waals surface area contributed by atoms with Gasteiger partial charge < -0.3 is 19.5 Å². The van der Waals surface area contributed by atoms with Gasteiger partial charge in [0.1, 0.15) is 6.61 Å². The van der Waals surface area contributed by atoms with E-state index in [1.807, 2.05) is 0 Å². The largest absolute Gasteiger partial charge is 0.387 e. The summed E-state index contributed by atoms with van der Waals surface area (Å²) in [4.78, 5) is 12.2. The third-order valence-electron chi connectivity index (χ3n) is 1.51. The zero-order chi connectivity index (χ0) is 9.56. The molecule has 5 nitrogen and oxygen atoms in total. The molecular formula is C7H15NO4. The third kappa shape index (κ3) is 3.66. The maximum atomic E-state index is 10.8. The summed E-state index contributed by atoms with van der Waals surface area (Å²) in [5, 5.41) is 8.49. The van der Waals surface area contributed by atoms with E-state index in [2.05, 4.69) is 0 Å². The molecule has 0 aliphatic rings. The first-order chi connectivity index (χ1) is 5.65. The predicted octanol–water partition coefficient (Wildman–Crippen LogP) is -0.944. The van der Waals surface area contributed by atoms with Crippen molar-refractivity contribution >= 4 is 5.91 Å². The molecule has 0 saturated heterocycles. The minimum absolute atomic E-state index is 0.312. The lowest BCUT2D eigenvalue weighted by Crippen LogP contribution is -2.37. The summed E-state index contributed by atoms with van der Waals surface area (Å²) in [5.41, 5.74) is 0. The highest BCUT2D eigenvalue weighted by atomic mass is 16.7. The number of likely N-dealkylation sites (N-methyl/N-ethyl adjacent to an activating group) is 1. The number of amides is 1. The Labute approximate surface area is 71.9 Å². The maximum absolute atomic E-state index is 10.8. The molecule has 0 spiro atoms. The van der Waals surface area contributed by atoms with Crippen molar-refractivity contribution in [3.05, 3.63) is 0 Å². The SMILES string of the molecule is COC(CN(C)C(=O)CO)OC. The van der Waals surface area contributed by atoms with Crippen LogP contribution in [-0.2, 0) is 14.3 Å². The van der Waals surface area contributed by atoms with Crippen molar-refractivity contribution in [2.45, 2.75) is 6.29 Å². The Morgan fingerprint density at radius 2 is 2.00 bits per heavy atom. The van der Waals surface area contributed by atoms with Gasteiger partial charge in [-0.3, -0.25) is 4.79 Å². The minimum atomic E-state index is -0.489. The van der Waals surface area contributed by atoms with Crippen LogP contribution in [0.1, 0.15) is 0 Å². The van der Waals surface area contributed by atoms with E-state index in [0.717, 1.165) is 0 Å². The van der Waals surface area contributed by atoms with Gasteiger partial charge in [0, 0.05) is 21.3 Å². The monoisotopic (exact) mass is 177 g/mol. The van der Waals surface area contributed by atoms with Crippen molar-refractivity contribution in [1.29, 1.82) is 0 Å². The average Bonchev–Trinajstić information content (AvgIpc) is 2.12. The van der Waals surface area contributed by atoms with Gasteiger partial charge in [-0.1, -0.05) is 0 Å². The molecule has 0 fully saturated rings. The smallest absolute Gasteiger partial charge is 0.248 e. The van der Waals surface area contributed by atoms with E-state index in [0.29, 0.717) is 6.54 Å². The number of carbonyl (C=O) groups is 1. The fourth-order valence-corrected chi connectivity index (χ4v) is 0.691. The van der Waals surface area contributed by atoms with Crippen LogP contribution in [0, 0.1) is 0 Å². The molecule has 0 aromatic carbocycles. The highest BCUT2D eigenvalue weighted by Gasteiger charge is 2.12. The summed E-state index contributed by atoms with van der Waals surface area (Å²) < 4.78 is 9.73. The molecule has 0 saturated carbocycles. The highest BCUT2D eigenvalue weighted by molar-refractivity contribution is 5.76. The Morgan fingerprint density at radius 3 is 2.33 bits per heavy atom. The Hall–Kier alpha value is -0.650. The zero-order valence-electron chi connectivity index (χ0n) is 7.61. The van der Waals surface area contributed by atoms with Gasteiger partial charge in [-0.05, 0) is 0 Å². The molecule has 0 atom stereocenters. The summed E-state index contributed by atoms with van der Waals surface area (Å²) in [6.07, 6.45) is -0.439. The average molecular weight is 177 g/mol. The number of ether oxygens (including phenoxy) is 2. The number of nitrogens with zero attached hydrogens (tertiary/aromatic N) is 1. The Kier molecular flexibility index (Phi) is 5.61. The second kappa shape index (κ2) is 5.93. The normalized spacial score (nSPS) is 10.4. The van der Waals surface area contributed by atoms with Crippen molar-refractivity contribution in [3.63, 3.8) is 0 Å². The van der Waals surface area contributed by atoms with Crippen LogP contribution in [-0.4, -0.2) is 56.6 Å². The minimum Gasteiger partial charge on any atom is -0.387 e. The summed E-state index contributed by atoms with van der Waals surface area (Å²) in [6.45, 7) is -0.178. The topological polar surface area (TPSA) is 59.0 Å². The number of aliphatic hydroxyl groups excluding tert-OH is 1. The molecule has 0 rings (SSSR count). The van der Waals surface area contributed by atoms with E-state index in [-0.39, 0.29) is 5.91 Å². The lowest BCUT2D eigenvalue weighted by molar-refractivity contribution is -0.145. The van der Waals surface area contributed by atoms with Crippen LogP contribution in [0.25, 0.3) is 0 Å². The number of hydrogen-bond acceptors (Lipinski definition) is 4. The molecule has 0 aromatic heterocycles. The molecule has 0 unspecified atom stereocenters. The number of aliphatic hydroxyl groups is 1. The molecular weight excluding hydrogens is 162 g/mol. The van der Waals surface area contributed by atoms with E-state index < -0.39 is 12.9 Å². The molecule has 5 heteroatoms. The summed E-state index contributed by atoms with van der Waals surface area (Å²) in [6, 6.07) is 0. The van der Waals surface area contributed by atoms with Crippen LogP contribution in [0.4, 0.5) is 0 Å². The molecule has 0 aliphatic heterocycles. The van der Waals surface area contributed by atoms with Gasteiger partial charge in [-0.25, -0.2) is 0 Å². The summed E-state index contributed by atoms with van der Waals surface area (Å²) >= 11 is 0. The molecule has 0 radical (unpaired) electrons. The van der Waals surface area contributed by atoms with Crippen molar-refractivity contribution in [2.75, 3.05) is 34.4 Å². The van der Waals surface area contributed by atoms with Crippen LogP contribution in [0.3, 0.4) is 0 Å². The first-order valence-corrected chi connectivity index (χ1v) is 3.56. The standard InChI is InChI=1S/C7H15NO4/c1-8(6(10)5-9)4-7(11-2)12-3/h7,9H,4-5H2,1-3H3.